The summed E-state index contributed by atoms with van der Waals surface area (Å²) in [5.41, 5.74) is 1.14. The Kier molecular flexibility index (Phi) is 3.10. The summed E-state index contributed by atoms with van der Waals surface area (Å²) in [6.45, 7) is 1.97. The largest absolute Gasteiger partial charge is 0.300 e. The highest BCUT2D eigenvalue weighted by Crippen LogP contribution is 2.11. The summed E-state index contributed by atoms with van der Waals surface area (Å²) in [5, 5.41) is 2.84. The molecule has 2 aromatic rings. The lowest BCUT2D eigenvalue weighted by atomic mass is 10.2. The Balaban J connectivity index is 2.36. The Bertz CT molecular complexity index is 727. The van der Waals surface area contributed by atoms with E-state index in [9.17, 15) is 13.2 Å². The summed E-state index contributed by atoms with van der Waals surface area (Å²) < 4.78 is 32.3. The van der Waals surface area contributed by atoms with Gasteiger partial charge in [-0.1, -0.05) is 12.1 Å². The second kappa shape index (κ2) is 4.43. The van der Waals surface area contributed by atoms with Gasteiger partial charge in [-0.15, -0.1) is 0 Å². The Hall–Kier alpha value is -1.86. The van der Waals surface area contributed by atoms with E-state index in [2.05, 4.69) is 5.10 Å². The van der Waals surface area contributed by atoms with Gasteiger partial charge in [-0.05, 0) is 24.6 Å². The number of H-pyrrole nitrogens is 1. The molecule has 1 aromatic carbocycles. The lowest BCUT2D eigenvalue weighted by Gasteiger charge is -2.04. The van der Waals surface area contributed by atoms with E-state index in [4.69, 9.17) is 4.55 Å². The molecule has 0 amide bonds. The molecule has 0 radical (unpaired) electrons. The highest BCUT2D eigenvalue weighted by atomic mass is 32.2. The molecule has 2 N–H and O–H groups in total. The fourth-order valence-electron chi connectivity index (χ4n) is 1.67. The van der Waals surface area contributed by atoms with E-state index in [1.165, 1.54) is 28.9 Å². The van der Waals surface area contributed by atoms with Gasteiger partial charge in [0.2, 0.25) is 0 Å². The number of benzene rings is 1. The molecule has 0 aliphatic rings. The summed E-state index contributed by atoms with van der Waals surface area (Å²) in [5.74, 6) is 0. The predicted molar refractivity (Wildman–Crippen MR) is 65.1 cm³/mol. The average Bonchev–Trinajstić information content (AvgIpc) is 2.56. The second-order valence-electron chi connectivity index (χ2n) is 3.99. The first-order valence-corrected chi connectivity index (χ1v) is 6.63. The Morgan fingerprint density at radius 1 is 1.33 bits per heavy atom. The van der Waals surface area contributed by atoms with Gasteiger partial charge in [0.1, 0.15) is 0 Å². The van der Waals surface area contributed by atoms with Gasteiger partial charge in [0, 0.05) is 11.8 Å². The van der Waals surface area contributed by atoms with Crippen LogP contribution in [0.5, 0.6) is 0 Å². The second-order valence-corrected chi connectivity index (χ2v) is 5.41. The third kappa shape index (κ3) is 2.69. The third-order valence-corrected chi connectivity index (χ3v) is 3.30. The number of aryl methyl sites for hydroxylation is 1. The Labute approximate surface area is 104 Å². The third-order valence-electron chi connectivity index (χ3n) is 2.45. The molecule has 6 nitrogen and oxygen atoms in total. The van der Waals surface area contributed by atoms with Crippen LogP contribution >= 0.6 is 0 Å². The predicted octanol–water partition coefficient (Wildman–Crippen LogP) is 0.780. The van der Waals surface area contributed by atoms with Crippen molar-refractivity contribution in [1.29, 1.82) is 0 Å². The Morgan fingerprint density at radius 2 is 2.06 bits per heavy atom. The van der Waals surface area contributed by atoms with Crippen molar-refractivity contribution in [3.05, 3.63) is 51.9 Å². The minimum absolute atomic E-state index is 0.184. The average molecular weight is 268 g/mol. The van der Waals surface area contributed by atoms with Crippen molar-refractivity contribution < 1.29 is 13.0 Å². The van der Waals surface area contributed by atoms with Gasteiger partial charge in [0.05, 0.1) is 11.4 Å². The molecule has 7 heteroatoms. The smallest absolute Gasteiger partial charge is 0.294 e. The maximum Gasteiger partial charge on any atom is 0.294 e. The van der Waals surface area contributed by atoms with Crippen molar-refractivity contribution in [3.8, 4) is 0 Å². The highest BCUT2D eigenvalue weighted by Gasteiger charge is 2.10. The van der Waals surface area contributed by atoms with Gasteiger partial charge in [-0.3, -0.25) is 14.4 Å². The van der Waals surface area contributed by atoms with E-state index in [-0.39, 0.29) is 17.0 Å². The van der Waals surface area contributed by atoms with Crippen LogP contribution in [0, 0.1) is 6.92 Å². The van der Waals surface area contributed by atoms with Crippen molar-refractivity contribution in [2.75, 3.05) is 0 Å². The molecule has 1 aromatic heterocycles. The molecule has 1 heterocycles. The summed E-state index contributed by atoms with van der Waals surface area (Å²) in [6, 6.07) is 7.27. The molecule has 2 rings (SSSR count). The minimum atomic E-state index is -4.22. The number of nitrogens with one attached hydrogen (secondary N) is 1. The van der Waals surface area contributed by atoms with E-state index in [1.807, 2.05) is 0 Å². The van der Waals surface area contributed by atoms with E-state index in [1.54, 1.807) is 13.0 Å². The first-order chi connectivity index (χ1) is 8.36. The van der Waals surface area contributed by atoms with Gasteiger partial charge in [-0.25, -0.2) is 4.68 Å². The van der Waals surface area contributed by atoms with E-state index < -0.39 is 10.1 Å². The molecule has 0 fully saturated rings. The quantitative estimate of drug-likeness (QED) is 0.805. The van der Waals surface area contributed by atoms with Gasteiger partial charge >= 0.3 is 0 Å². The monoisotopic (exact) mass is 268 g/mol. The molecular formula is C11H12N2O4S. The highest BCUT2D eigenvalue weighted by molar-refractivity contribution is 7.85. The number of hydrogen-bond acceptors (Lipinski definition) is 3. The fourth-order valence-corrected chi connectivity index (χ4v) is 2.22. The molecule has 0 unspecified atom stereocenters. The zero-order valence-corrected chi connectivity index (χ0v) is 10.4. The molecule has 0 atom stereocenters. The van der Waals surface area contributed by atoms with Crippen LogP contribution in [0.2, 0.25) is 0 Å². The molecule has 0 bridgehead atoms. The summed E-state index contributed by atoms with van der Waals surface area (Å²) in [4.78, 5) is 11.3. The number of nitrogens with zero attached hydrogens (tertiary/aromatic N) is 1. The normalized spacial score (nSPS) is 11.7. The lowest BCUT2D eigenvalue weighted by Crippen LogP contribution is -2.16. The van der Waals surface area contributed by atoms with E-state index >= 15 is 0 Å². The van der Waals surface area contributed by atoms with E-state index in [0.29, 0.717) is 5.56 Å². The number of aromatic nitrogens is 2. The summed E-state index contributed by atoms with van der Waals surface area (Å²) in [7, 11) is -4.22. The van der Waals surface area contributed by atoms with Gasteiger partial charge < -0.3 is 0 Å². The van der Waals surface area contributed by atoms with Crippen LogP contribution in [0.3, 0.4) is 0 Å². The van der Waals surface area contributed by atoms with Crippen molar-refractivity contribution >= 4 is 10.1 Å². The topological polar surface area (TPSA) is 92.2 Å². The van der Waals surface area contributed by atoms with E-state index in [0.717, 1.165) is 5.69 Å². The molecule has 0 saturated carbocycles. The fraction of sp³-hybridized carbons (Fsp3) is 0.182. The number of rotatable bonds is 3. The molecule has 0 saturated heterocycles. The lowest BCUT2D eigenvalue weighted by molar-refractivity contribution is 0.483. The van der Waals surface area contributed by atoms with Crippen LogP contribution in [-0.2, 0) is 16.7 Å². The Morgan fingerprint density at radius 3 is 2.61 bits per heavy atom. The van der Waals surface area contributed by atoms with Gasteiger partial charge in [0.15, 0.2) is 0 Å². The zero-order chi connectivity index (χ0) is 13.3. The van der Waals surface area contributed by atoms with Crippen molar-refractivity contribution in [2.24, 2.45) is 0 Å². The van der Waals surface area contributed by atoms with Crippen LogP contribution in [0.25, 0.3) is 0 Å². The van der Waals surface area contributed by atoms with Gasteiger partial charge in [0.25, 0.3) is 15.7 Å². The van der Waals surface area contributed by atoms with Gasteiger partial charge in [-0.2, -0.15) is 8.42 Å². The molecule has 0 spiro atoms. The van der Waals surface area contributed by atoms with Crippen LogP contribution in [0.15, 0.2) is 40.0 Å². The molecular weight excluding hydrogens is 256 g/mol. The maximum atomic E-state index is 11.5. The molecule has 0 aliphatic carbocycles. The standard InChI is InChI=1S/C11H12N2O4S/c1-8-5-11(14)13(12-8)7-9-3-2-4-10(6-9)18(15,16)17/h2-6,12H,7H2,1H3,(H,15,16,17). The SMILES string of the molecule is Cc1cc(=O)n(Cc2cccc(S(=O)(=O)O)c2)[nH]1. The minimum Gasteiger partial charge on any atom is -0.300 e. The number of hydrogen-bond donors (Lipinski definition) is 2. The zero-order valence-electron chi connectivity index (χ0n) is 9.62. The van der Waals surface area contributed by atoms with Crippen LogP contribution in [-0.4, -0.2) is 22.8 Å². The number of aromatic amines is 1. The van der Waals surface area contributed by atoms with Crippen LogP contribution in [0.1, 0.15) is 11.3 Å². The molecule has 0 aliphatic heterocycles. The van der Waals surface area contributed by atoms with Crippen molar-refractivity contribution in [1.82, 2.24) is 9.78 Å². The molecule has 18 heavy (non-hydrogen) atoms. The van der Waals surface area contributed by atoms with Crippen molar-refractivity contribution in [2.45, 2.75) is 18.4 Å². The van der Waals surface area contributed by atoms with Crippen molar-refractivity contribution in [3.63, 3.8) is 0 Å². The first kappa shape index (κ1) is 12.6. The maximum absolute atomic E-state index is 11.5. The van der Waals surface area contributed by atoms with Crippen LogP contribution in [0.4, 0.5) is 0 Å². The first-order valence-electron chi connectivity index (χ1n) is 5.19. The summed E-state index contributed by atoms with van der Waals surface area (Å²) in [6.07, 6.45) is 0. The summed E-state index contributed by atoms with van der Waals surface area (Å²) >= 11 is 0. The molecule has 96 valence electrons. The van der Waals surface area contributed by atoms with Crippen LogP contribution < -0.4 is 5.56 Å².